The SMILES string of the molecule is BrC1=CC=C2C=CC3=CCC(Br)C4=C3C2C1C=C4. The van der Waals surface area contributed by atoms with E-state index in [1.165, 1.54) is 26.8 Å². The quantitative estimate of drug-likeness (QED) is 0.533. The second kappa shape index (κ2) is 3.94. The third-order valence-corrected chi connectivity index (χ3v) is 5.89. The molecule has 0 bridgehead atoms. The lowest BCUT2D eigenvalue weighted by molar-refractivity contribution is 0.584. The summed E-state index contributed by atoms with van der Waals surface area (Å²) in [5.41, 5.74) is 5.89. The Hall–Kier alpha value is -0.600. The van der Waals surface area contributed by atoms with Gasteiger partial charge in [0.15, 0.2) is 0 Å². The Bertz CT molecular complexity index is 611. The van der Waals surface area contributed by atoms with Gasteiger partial charge >= 0.3 is 0 Å². The maximum absolute atomic E-state index is 3.81. The molecule has 2 heteroatoms. The van der Waals surface area contributed by atoms with Crippen LogP contribution in [0, 0.1) is 11.8 Å². The average molecular weight is 364 g/mol. The monoisotopic (exact) mass is 362 g/mol. The van der Waals surface area contributed by atoms with Crippen LogP contribution in [0.15, 0.2) is 69.3 Å². The minimum atomic E-state index is 0.478. The van der Waals surface area contributed by atoms with E-state index in [9.17, 15) is 0 Å². The van der Waals surface area contributed by atoms with E-state index in [-0.39, 0.29) is 0 Å². The summed E-state index contributed by atoms with van der Waals surface area (Å²) in [6.07, 6.45) is 17.1. The highest BCUT2D eigenvalue weighted by molar-refractivity contribution is 9.11. The van der Waals surface area contributed by atoms with Crippen molar-refractivity contribution in [3.63, 3.8) is 0 Å². The van der Waals surface area contributed by atoms with Crippen molar-refractivity contribution < 1.29 is 0 Å². The lowest BCUT2D eigenvalue weighted by Crippen LogP contribution is -2.29. The van der Waals surface area contributed by atoms with Crippen molar-refractivity contribution in [3.05, 3.63) is 69.3 Å². The van der Waals surface area contributed by atoms with Crippen molar-refractivity contribution in [2.75, 3.05) is 0 Å². The summed E-state index contributed by atoms with van der Waals surface area (Å²) in [5, 5.41) is 0. The molecule has 0 aromatic heterocycles. The van der Waals surface area contributed by atoms with Gasteiger partial charge in [-0.05, 0) is 28.7 Å². The predicted octanol–water partition coefficient (Wildman–Crippen LogP) is 4.97. The minimum absolute atomic E-state index is 0.478. The van der Waals surface area contributed by atoms with Crippen LogP contribution in [0.1, 0.15) is 6.42 Å². The fourth-order valence-electron chi connectivity index (χ4n) is 3.37. The van der Waals surface area contributed by atoms with Gasteiger partial charge in [-0.2, -0.15) is 0 Å². The molecule has 0 amide bonds. The van der Waals surface area contributed by atoms with Crippen molar-refractivity contribution >= 4 is 31.9 Å². The number of halogens is 2. The molecule has 90 valence electrons. The van der Waals surface area contributed by atoms with Gasteiger partial charge in [0, 0.05) is 21.1 Å². The summed E-state index contributed by atoms with van der Waals surface area (Å²) in [7, 11) is 0. The van der Waals surface area contributed by atoms with Gasteiger partial charge in [-0.15, -0.1) is 0 Å². The first-order valence-electron chi connectivity index (χ1n) is 6.28. The number of hydrogen-bond donors (Lipinski definition) is 0. The molecule has 0 fully saturated rings. The molecule has 18 heavy (non-hydrogen) atoms. The summed E-state index contributed by atoms with van der Waals surface area (Å²) in [5.74, 6) is 0.996. The fourth-order valence-corrected chi connectivity index (χ4v) is 4.51. The first-order valence-corrected chi connectivity index (χ1v) is 7.99. The number of rotatable bonds is 0. The van der Waals surface area contributed by atoms with Crippen LogP contribution in [-0.2, 0) is 0 Å². The molecule has 3 unspecified atom stereocenters. The van der Waals surface area contributed by atoms with Crippen LogP contribution in [0.2, 0.25) is 0 Å². The molecule has 0 aromatic rings. The van der Waals surface area contributed by atoms with Crippen molar-refractivity contribution in [2.24, 2.45) is 11.8 Å². The third-order valence-electron chi connectivity index (χ3n) is 4.23. The smallest absolute Gasteiger partial charge is 0.0433 e. The summed E-state index contributed by atoms with van der Waals surface area (Å²) >= 11 is 7.53. The van der Waals surface area contributed by atoms with Crippen LogP contribution in [-0.4, -0.2) is 4.83 Å². The van der Waals surface area contributed by atoms with Gasteiger partial charge < -0.3 is 0 Å². The van der Waals surface area contributed by atoms with Crippen molar-refractivity contribution in [1.29, 1.82) is 0 Å². The number of allylic oxidation sites excluding steroid dienone is 12. The molecule has 0 aliphatic heterocycles. The highest BCUT2D eigenvalue weighted by atomic mass is 79.9. The van der Waals surface area contributed by atoms with Crippen LogP contribution < -0.4 is 0 Å². The lowest BCUT2D eigenvalue weighted by atomic mass is 9.66. The van der Waals surface area contributed by atoms with Crippen LogP contribution >= 0.6 is 31.9 Å². The third kappa shape index (κ3) is 1.42. The molecule has 0 spiro atoms. The topological polar surface area (TPSA) is 0 Å². The first kappa shape index (κ1) is 11.2. The summed E-state index contributed by atoms with van der Waals surface area (Å²) in [6, 6.07) is 0. The predicted molar refractivity (Wildman–Crippen MR) is 82.8 cm³/mol. The number of hydrogen-bond acceptors (Lipinski definition) is 0. The fraction of sp³-hybridized carbons (Fsp3) is 0.250. The van der Waals surface area contributed by atoms with E-state index in [1.807, 2.05) is 0 Å². The molecule has 0 radical (unpaired) electrons. The van der Waals surface area contributed by atoms with Crippen molar-refractivity contribution in [3.8, 4) is 0 Å². The van der Waals surface area contributed by atoms with Gasteiger partial charge in [0.1, 0.15) is 0 Å². The van der Waals surface area contributed by atoms with Crippen LogP contribution in [0.4, 0.5) is 0 Å². The molecule has 0 nitrogen and oxygen atoms in total. The highest BCUT2D eigenvalue weighted by Crippen LogP contribution is 2.51. The van der Waals surface area contributed by atoms with Crippen molar-refractivity contribution in [2.45, 2.75) is 11.2 Å². The first-order chi connectivity index (χ1) is 8.75. The highest BCUT2D eigenvalue weighted by Gasteiger charge is 2.38. The zero-order valence-electron chi connectivity index (χ0n) is 9.74. The average Bonchev–Trinajstić information content (AvgIpc) is 2.40. The standard InChI is InChI=1S/C16H12Br2/c17-13-7-3-9-1-2-10-4-8-14(18)12-6-5-11(13)15(9)16(10)12/h1-7,11,14-15H,8H2. The number of alkyl halides is 1. The molecule has 0 aromatic carbocycles. The second-order valence-electron chi connectivity index (χ2n) is 5.15. The van der Waals surface area contributed by atoms with Crippen LogP contribution in [0.3, 0.4) is 0 Å². The molecule has 0 saturated heterocycles. The van der Waals surface area contributed by atoms with Gasteiger partial charge in [0.2, 0.25) is 0 Å². The normalized spacial score (nSPS) is 35.9. The van der Waals surface area contributed by atoms with Gasteiger partial charge in [0.25, 0.3) is 0 Å². The molecule has 0 N–H and O–H groups in total. The zero-order chi connectivity index (χ0) is 12.3. The summed E-state index contributed by atoms with van der Waals surface area (Å²) in [6.45, 7) is 0. The van der Waals surface area contributed by atoms with Gasteiger partial charge in [-0.25, -0.2) is 0 Å². The molecular weight excluding hydrogens is 352 g/mol. The molecule has 4 aliphatic carbocycles. The second-order valence-corrected chi connectivity index (χ2v) is 7.17. The van der Waals surface area contributed by atoms with Crippen molar-refractivity contribution in [1.82, 2.24) is 0 Å². The largest absolute Gasteiger partial charge is 0.0835 e. The Balaban J connectivity index is 1.99. The molecular formula is C16H12Br2. The Kier molecular flexibility index (Phi) is 2.46. The van der Waals surface area contributed by atoms with E-state index in [0.29, 0.717) is 16.7 Å². The zero-order valence-corrected chi connectivity index (χ0v) is 12.9. The Morgan fingerprint density at radius 1 is 1.11 bits per heavy atom. The minimum Gasteiger partial charge on any atom is -0.0835 e. The maximum Gasteiger partial charge on any atom is 0.0433 e. The van der Waals surface area contributed by atoms with Gasteiger partial charge in [-0.1, -0.05) is 74.4 Å². The Morgan fingerprint density at radius 3 is 2.89 bits per heavy atom. The molecule has 4 aliphatic rings. The summed E-state index contributed by atoms with van der Waals surface area (Å²) in [4.78, 5) is 0.478. The van der Waals surface area contributed by atoms with E-state index in [4.69, 9.17) is 0 Å². The van der Waals surface area contributed by atoms with Crippen LogP contribution in [0.25, 0.3) is 0 Å². The van der Waals surface area contributed by atoms with E-state index >= 15 is 0 Å². The molecule has 4 rings (SSSR count). The summed E-state index contributed by atoms with van der Waals surface area (Å²) < 4.78 is 1.30. The van der Waals surface area contributed by atoms with Gasteiger partial charge in [0.05, 0.1) is 0 Å². The van der Waals surface area contributed by atoms with E-state index in [0.717, 1.165) is 6.42 Å². The lowest BCUT2D eigenvalue weighted by Gasteiger charge is -2.40. The van der Waals surface area contributed by atoms with E-state index < -0.39 is 0 Å². The molecule has 3 atom stereocenters. The van der Waals surface area contributed by atoms with E-state index in [1.54, 1.807) is 0 Å². The molecule has 0 saturated carbocycles. The maximum atomic E-state index is 3.81. The Labute approximate surface area is 124 Å². The molecule has 0 heterocycles. The Morgan fingerprint density at radius 2 is 2.00 bits per heavy atom. The van der Waals surface area contributed by atoms with Gasteiger partial charge in [-0.3, -0.25) is 0 Å². The van der Waals surface area contributed by atoms with Crippen LogP contribution in [0.5, 0.6) is 0 Å². The van der Waals surface area contributed by atoms with E-state index in [2.05, 4.69) is 74.4 Å².